The molecule has 0 bridgehead atoms. The monoisotopic (exact) mass is 475 g/mol. The minimum atomic E-state index is -0.603. The van der Waals surface area contributed by atoms with Gasteiger partial charge >= 0.3 is 5.97 Å². The second-order valence-corrected chi connectivity index (χ2v) is 7.75. The fourth-order valence-corrected chi connectivity index (χ4v) is 3.59. The van der Waals surface area contributed by atoms with Gasteiger partial charge in [-0.25, -0.2) is 9.78 Å². The molecule has 4 aromatic rings. The molecular formula is C28H29NO6. The van der Waals surface area contributed by atoms with E-state index >= 15 is 0 Å². The molecule has 0 N–H and O–H groups in total. The summed E-state index contributed by atoms with van der Waals surface area (Å²) >= 11 is 0. The molecule has 0 radical (unpaired) electrons. The summed E-state index contributed by atoms with van der Waals surface area (Å²) in [6, 6.07) is 22.9. The maximum absolute atomic E-state index is 12.0. The molecule has 4 rings (SSSR count). The third kappa shape index (κ3) is 6.61. The number of benzene rings is 3. The fourth-order valence-electron chi connectivity index (χ4n) is 3.59. The topological polar surface area (TPSA) is 80.0 Å². The van der Waals surface area contributed by atoms with E-state index < -0.39 is 6.10 Å². The molecule has 1 atom stereocenters. The predicted octanol–water partition coefficient (Wildman–Crippen LogP) is 5.46. The molecule has 0 amide bonds. The minimum absolute atomic E-state index is 0.333. The van der Waals surface area contributed by atoms with Crippen LogP contribution in [0.1, 0.15) is 19.4 Å². The molecule has 3 aromatic carbocycles. The van der Waals surface area contributed by atoms with Crippen LogP contribution in [0.15, 0.2) is 77.2 Å². The molecule has 0 fully saturated rings. The van der Waals surface area contributed by atoms with Crippen molar-refractivity contribution in [1.29, 1.82) is 0 Å². The summed E-state index contributed by atoms with van der Waals surface area (Å²) in [6.07, 6.45) is -0.149. The average molecular weight is 476 g/mol. The van der Waals surface area contributed by atoms with E-state index in [1.54, 1.807) is 6.92 Å². The molecule has 0 unspecified atom stereocenters. The number of hydrogen-bond donors (Lipinski definition) is 0. The zero-order chi connectivity index (χ0) is 24.5. The Morgan fingerprint density at radius 3 is 2.14 bits per heavy atom. The van der Waals surface area contributed by atoms with Gasteiger partial charge in [-0.2, -0.15) is 0 Å². The number of esters is 1. The van der Waals surface area contributed by atoms with Crippen LogP contribution in [0.3, 0.4) is 0 Å². The number of ether oxygens (including phenoxy) is 4. The molecule has 35 heavy (non-hydrogen) atoms. The van der Waals surface area contributed by atoms with E-state index in [9.17, 15) is 4.79 Å². The zero-order valence-electron chi connectivity index (χ0n) is 19.9. The fraction of sp³-hybridized carbons (Fsp3) is 0.286. The third-order valence-electron chi connectivity index (χ3n) is 5.28. The number of para-hydroxylation sites is 2. The summed E-state index contributed by atoms with van der Waals surface area (Å²) in [5.74, 6) is 1.71. The Kier molecular flexibility index (Phi) is 8.35. The molecule has 0 saturated heterocycles. The summed E-state index contributed by atoms with van der Waals surface area (Å²) in [4.78, 5) is 16.5. The van der Waals surface area contributed by atoms with Gasteiger partial charge in [-0.1, -0.05) is 24.3 Å². The molecule has 0 aliphatic carbocycles. The van der Waals surface area contributed by atoms with Gasteiger partial charge in [0.25, 0.3) is 0 Å². The number of aromatic nitrogens is 1. The van der Waals surface area contributed by atoms with Crippen LogP contribution in [0.5, 0.6) is 11.5 Å². The van der Waals surface area contributed by atoms with Crippen LogP contribution in [0.2, 0.25) is 0 Å². The van der Waals surface area contributed by atoms with Crippen molar-refractivity contribution in [2.75, 3.05) is 26.4 Å². The Hall–Kier alpha value is -3.84. The van der Waals surface area contributed by atoms with E-state index in [4.69, 9.17) is 23.4 Å². The molecule has 182 valence electrons. The van der Waals surface area contributed by atoms with Crippen molar-refractivity contribution in [3.8, 4) is 23.0 Å². The number of nitrogens with zero attached hydrogens (tertiary/aromatic N) is 1. The lowest BCUT2D eigenvalue weighted by Gasteiger charge is -2.16. The maximum atomic E-state index is 12.0. The number of hydrogen-bond acceptors (Lipinski definition) is 7. The molecule has 7 nitrogen and oxygen atoms in total. The number of fused-ring (bicyclic) bond motifs is 1. The first-order valence-corrected chi connectivity index (χ1v) is 11.7. The van der Waals surface area contributed by atoms with Crippen LogP contribution in [0.4, 0.5) is 0 Å². The van der Waals surface area contributed by atoms with Crippen molar-refractivity contribution in [2.45, 2.75) is 26.4 Å². The normalized spacial score (nSPS) is 11.8. The largest absolute Gasteiger partial charge is 0.490 e. The van der Waals surface area contributed by atoms with Gasteiger partial charge in [0.2, 0.25) is 5.89 Å². The van der Waals surface area contributed by atoms with Gasteiger partial charge in [-0.15, -0.1) is 0 Å². The first-order valence-electron chi connectivity index (χ1n) is 11.7. The van der Waals surface area contributed by atoms with Crippen LogP contribution < -0.4 is 9.47 Å². The Morgan fingerprint density at radius 1 is 0.857 bits per heavy atom. The van der Waals surface area contributed by atoms with E-state index in [1.165, 1.54) is 0 Å². The van der Waals surface area contributed by atoms with Crippen molar-refractivity contribution >= 4 is 17.1 Å². The van der Waals surface area contributed by atoms with Crippen LogP contribution in [-0.2, 0) is 20.7 Å². The lowest BCUT2D eigenvalue weighted by Crippen LogP contribution is -2.28. The van der Waals surface area contributed by atoms with Crippen molar-refractivity contribution in [2.24, 2.45) is 0 Å². The van der Waals surface area contributed by atoms with Gasteiger partial charge in [-0.3, -0.25) is 0 Å². The smallest absolute Gasteiger partial charge is 0.335 e. The van der Waals surface area contributed by atoms with Crippen LogP contribution in [0, 0.1) is 0 Å². The zero-order valence-corrected chi connectivity index (χ0v) is 19.9. The number of carbonyl (C=O) groups excluding carboxylic acids is 1. The standard InChI is InChI=1S/C28H29NO6/c1-3-31-26(28(30)32-4-2)19-20-9-13-22(14-10-20)33-17-18-34-23-15-11-21(12-16-23)27-29-24-7-5-6-8-25(24)35-27/h5-16,26H,3-4,17-19H2,1-2H3/t26-/m0/s1. The molecule has 0 saturated carbocycles. The van der Waals surface area contributed by atoms with Gasteiger partial charge < -0.3 is 23.4 Å². The summed E-state index contributed by atoms with van der Waals surface area (Å²) in [6.45, 7) is 5.23. The Labute approximate surface area is 204 Å². The van der Waals surface area contributed by atoms with Gasteiger partial charge in [0.05, 0.1) is 6.61 Å². The molecule has 1 heterocycles. The van der Waals surface area contributed by atoms with E-state index in [1.807, 2.05) is 79.7 Å². The van der Waals surface area contributed by atoms with Crippen molar-refractivity contribution in [3.05, 3.63) is 78.4 Å². The summed E-state index contributed by atoms with van der Waals surface area (Å²) < 4.78 is 28.0. The Balaban J connectivity index is 1.23. The van der Waals surface area contributed by atoms with Gasteiger partial charge in [0, 0.05) is 18.6 Å². The minimum Gasteiger partial charge on any atom is -0.490 e. The predicted molar refractivity (Wildman–Crippen MR) is 133 cm³/mol. The molecular weight excluding hydrogens is 446 g/mol. The highest BCUT2D eigenvalue weighted by molar-refractivity contribution is 5.76. The van der Waals surface area contributed by atoms with Gasteiger partial charge in [-0.05, 0) is 67.9 Å². The van der Waals surface area contributed by atoms with Gasteiger partial charge in [0.15, 0.2) is 11.7 Å². The highest BCUT2D eigenvalue weighted by Gasteiger charge is 2.20. The SMILES string of the molecule is CCOC(=O)[C@H](Cc1ccc(OCCOc2ccc(-c3nc4ccccc4o3)cc2)cc1)OCC. The van der Waals surface area contributed by atoms with E-state index in [2.05, 4.69) is 4.98 Å². The van der Waals surface area contributed by atoms with Crippen LogP contribution in [0.25, 0.3) is 22.6 Å². The molecule has 7 heteroatoms. The number of carbonyl (C=O) groups is 1. The molecule has 0 aliphatic heterocycles. The maximum Gasteiger partial charge on any atom is 0.335 e. The third-order valence-corrected chi connectivity index (χ3v) is 5.28. The van der Waals surface area contributed by atoms with E-state index in [-0.39, 0.29) is 5.97 Å². The lowest BCUT2D eigenvalue weighted by atomic mass is 10.1. The number of rotatable bonds is 12. The van der Waals surface area contributed by atoms with Crippen LogP contribution >= 0.6 is 0 Å². The second-order valence-electron chi connectivity index (χ2n) is 7.75. The Bertz CT molecular complexity index is 1180. The van der Waals surface area contributed by atoms with Crippen molar-refractivity contribution in [3.63, 3.8) is 0 Å². The summed E-state index contributed by atoms with van der Waals surface area (Å²) in [5.41, 5.74) is 3.46. The molecule has 0 aliphatic rings. The summed E-state index contributed by atoms with van der Waals surface area (Å²) in [7, 11) is 0. The quantitative estimate of drug-likeness (QED) is 0.199. The Morgan fingerprint density at radius 2 is 1.51 bits per heavy atom. The van der Waals surface area contributed by atoms with Crippen molar-refractivity contribution < 1.29 is 28.2 Å². The molecule has 0 spiro atoms. The van der Waals surface area contributed by atoms with Gasteiger partial charge in [0.1, 0.15) is 30.2 Å². The first kappa shape index (κ1) is 24.3. The first-order chi connectivity index (χ1) is 17.2. The lowest BCUT2D eigenvalue weighted by molar-refractivity contribution is -0.156. The van der Waals surface area contributed by atoms with E-state index in [0.717, 1.165) is 33.7 Å². The second kappa shape index (κ2) is 12.0. The van der Waals surface area contributed by atoms with Crippen molar-refractivity contribution in [1.82, 2.24) is 4.98 Å². The van der Waals surface area contributed by atoms with Crippen LogP contribution in [-0.4, -0.2) is 43.5 Å². The number of oxazole rings is 1. The highest BCUT2D eigenvalue weighted by atomic mass is 16.6. The highest BCUT2D eigenvalue weighted by Crippen LogP contribution is 2.25. The molecule has 1 aromatic heterocycles. The summed E-state index contributed by atoms with van der Waals surface area (Å²) in [5, 5.41) is 0. The average Bonchev–Trinajstić information content (AvgIpc) is 3.32. The van der Waals surface area contributed by atoms with E-state index in [0.29, 0.717) is 38.7 Å².